The molecule has 0 bridgehead atoms. The standard InChI is InChI=1S/C23H21N5O2S/c1-15-7-8-20(26-12-15)23-27-21(11-22(24-2)28-23)18-9-17(13-25-14-18)16-5-4-6-19(10-16)31(3,29)30/h4-14H,1-3H3,(H,24,27,28). The van der Waals surface area contributed by atoms with Gasteiger partial charge >= 0.3 is 0 Å². The first kappa shape index (κ1) is 20.6. The summed E-state index contributed by atoms with van der Waals surface area (Å²) in [6.07, 6.45) is 6.40. The molecule has 0 radical (unpaired) electrons. The van der Waals surface area contributed by atoms with Gasteiger partial charge in [-0.25, -0.2) is 18.4 Å². The molecule has 0 fully saturated rings. The highest BCUT2D eigenvalue weighted by Gasteiger charge is 2.12. The minimum absolute atomic E-state index is 0.266. The van der Waals surface area contributed by atoms with Gasteiger partial charge in [-0.15, -0.1) is 0 Å². The first-order valence-electron chi connectivity index (χ1n) is 9.59. The highest BCUT2D eigenvalue weighted by molar-refractivity contribution is 7.90. The minimum atomic E-state index is -3.30. The zero-order chi connectivity index (χ0) is 22.0. The van der Waals surface area contributed by atoms with E-state index in [1.54, 1.807) is 43.8 Å². The summed E-state index contributed by atoms with van der Waals surface area (Å²) >= 11 is 0. The van der Waals surface area contributed by atoms with Crippen LogP contribution in [0.1, 0.15) is 5.56 Å². The smallest absolute Gasteiger partial charge is 0.180 e. The lowest BCUT2D eigenvalue weighted by atomic mass is 10.0. The van der Waals surface area contributed by atoms with Crippen LogP contribution in [0.3, 0.4) is 0 Å². The van der Waals surface area contributed by atoms with Crippen LogP contribution in [0.25, 0.3) is 33.9 Å². The van der Waals surface area contributed by atoms with Crippen molar-refractivity contribution < 1.29 is 8.42 Å². The summed E-state index contributed by atoms with van der Waals surface area (Å²) < 4.78 is 23.8. The summed E-state index contributed by atoms with van der Waals surface area (Å²) in [4.78, 5) is 18.3. The van der Waals surface area contributed by atoms with Gasteiger partial charge in [0.1, 0.15) is 11.5 Å². The number of pyridine rings is 2. The predicted molar refractivity (Wildman–Crippen MR) is 121 cm³/mol. The number of aromatic nitrogens is 4. The molecule has 3 aromatic heterocycles. The number of sulfone groups is 1. The van der Waals surface area contributed by atoms with Crippen LogP contribution >= 0.6 is 0 Å². The molecule has 0 saturated heterocycles. The predicted octanol–water partition coefficient (Wildman–Crippen LogP) is 4.02. The van der Waals surface area contributed by atoms with Gasteiger partial charge in [0.2, 0.25) is 0 Å². The number of aryl methyl sites for hydroxylation is 1. The average molecular weight is 432 g/mol. The number of hydrogen-bond donors (Lipinski definition) is 1. The number of nitrogens with zero attached hydrogens (tertiary/aromatic N) is 4. The van der Waals surface area contributed by atoms with E-state index >= 15 is 0 Å². The van der Waals surface area contributed by atoms with Crippen LogP contribution < -0.4 is 5.32 Å². The van der Waals surface area contributed by atoms with Gasteiger partial charge in [-0.3, -0.25) is 9.97 Å². The van der Waals surface area contributed by atoms with Gasteiger partial charge in [-0.2, -0.15) is 0 Å². The van der Waals surface area contributed by atoms with Crippen molar-refractivity contribution in [3.8, 4) is 33.9 Å². The molecule has 31 heavy (non-hydrogen) atoms. The Labute approximate surface area is 181 Å². The Morgan fingerprint density at radius 2 is 1.65 bits per heavy atom. The summed E-state index contributed by atoms with van der Waals surface area (Å²) in [5.74, 6) is 1.16. The van der Waals surface area contributed by atoms with E-state index in [1.165, 1.54) is 6.26 Å². The molecule has 1 aromatic carbocycles. The molecule has 0 aliphatic carbocycles. The molecular formula is C23H21N5O2S. The van der Waals surface area contributed by atoms with E-state index < -0.39 is 9.84 Å². The maximum absolute atomic E-state index is 11.9. The molecule has 0 atom stereocenters. The third-order valence-electron chi connectivity index (χ3n) is 4.75. The van der Waals surface area contributed by atoms with Crippen LogP contribution in [0.4, 0.5) is 5.82 Å². The van der Waals surface area contributed by atoms with Gasteiger partial charge in [0.05, 0.1) is 10.6 Å². The normalized spacial score (nSPS) is 11.3. The van der Waals surface area contributed by atoms with E-state index in [-0.39, 0.29) is 4.90 Å². The van der Waals surface area contributed by atoms with Gasteiger partial charge in [-0.1, -0.05) is 18.2 Å². The quantitative estimate of drug-likeness (QED) is 0.510. The second-order valence-electron chi connectivity index (χ2n) is 7.20. The van der Waals surface area contributed by atoms with E-state index in [9.17, 15) is 8.42 Å². The zero-order valence-electron chi connectivity index (χ0n) is 17.4. The summed E-state index contributed by atoms with van der Waals surface area (Å²) in [7, 11) is -1.50. The van der Waals surface area contributed by atoms with Crippen LogP contribution in [-0.4, -0.2) is 41.7 Å². The SMILES string of the molecule is CNc1cc(-c2cncc(-c3cccc(S(C)(=O)=O)c3)c2)nc(-c2ccc(C)cn2)n1. The summed E-state index contributed by atoms with van der Waals surface area (Å²) in [5.41, 5.74) is 4.76. The molecule has 0 aliphatic heterocycles. The van der Waals surface area contributed by atoms with Crippen molar-refractivity contribution in [1.29, 1.82) is 0 Å². The Kier molecular flexibility index (Phi) is 5.48. The summed E-state index contributed by atoms with van der Waals surface area (Å²) in [6.45, 7) is 1.98. The second kappa shape index (κ2) is 8.23. The molecule has 1 N–H and O–H groups in total. The monoisotopic (exact) mass is 431 g/mol. The molecule has 3 heterocycles. The van der Waals surface area contributed by atoms with Gasteiger partial charge in [0.25, 0.3) is 0 Å². The van der Waals surface area contributed by atoms with Crippen molar-refractivity contribution in [2.24, 2.45) is 0 Å². The zero-order valence-corrected chi connectivity index (χ0v) is 18.2. The van der Waals surface area contributed by atoms with Crippen LogP contribution in [-0.2, 0) is 9.84 Å². The third-order valence-corrected chi connectivity index (χ3v) is 5.86. The van der Waals surface area contributed by atoms with Gasteiger partial charge in [0.15, 0.2) is 15.7 Å². The summed E-state index contributed by atoms with van der Waals surface area (Å²) in [5, 5.41) is 3.06. The Hall–Kier alpha value is -3.65. The van der Waals surface area contributed by atoms with Gasteiger partial charge in [0, 0.05) is 49.1 Å². The Morgan fingerprint density at radius 3 is 2.35 bits per heavy atom. The summed E-state index contributed by atoms with van der Waals surface area (Å²) in [6, 6.07) is 14.4. The molecule has 0 spiro atoms. The largest absolute Gasteiger partial charge is 0.373 e. The lowest BCUT2D eigenvalue weighted by Gasteiger charge is -2.10. The Balaban J connectivity index is 1.79. The fraction of sp³-hybridized carbons (Fsp3) is 0.130. The highest BCUT2D eigenvalue weighted by Crippen LogP contribution is 2.28. The maximum Gasteiger partial charge on any atom is 0.180 e. The van der Waals surface area contributed by atoms with Crippen LogP contribution in [0, 0.1) is 6.92 Å². The first-order chi connectivity index (χ1) is 14.8. The molecular weight excluding hydrogens is 410 g/mol. The Morgan fingerprint density at radius 1 is 0.839 bits per heavy atom. The fourth-order valence-electron chi connectivity index (χ4n) is 3.08. The Bertz CT molecular complexity index is 1350. The van der Waals surface area contributed by atoms with Crippen LogP contribution in [0.2, 0.25) is 0 Å². The molecule has 4 aromatic rings. The maximum atomic E-state index is 11.9. The molecule has 0 aliphatic rings. The second-order valence-corrected chi connectivity index (χ2v) is 9.21. The average Bonchev–Trinajstić information content (AvgIpc) is 2.79. The van der Waals surface area contributed by atoms with Gasteiger partial charge < -0.3 is 5.32 Å². The van der Waals surface area contributed by atoms with Crippen molar-refractivity contribution in [3.63, 3.8) is 0 Å². The number of anilines is 1. The van der Waals surface area contributed by atoms with E-state index in [1.807, 2.05) is 37.3 Å². The van der Waals surface area contributed by atoms with E-state index in [2.05, 4.69) is 20.3 Å². The molecule has 0 unspecified atom stereocenters. The lowest BCUT2D eigenvalue weighted by Crippen LogP contribution is -2.00. The van der Waals surface area contributed by atoms with Crippen molar-refractivity contribution in [2.75, 3.05) is 18.6 Å². The first-order valence-corrected chi connectivity index (χ1v) is 11.5. The van der Waals surface area contributed by atoms with Gasteiger partial charge in [-0.05, 0) is 42.3 Å². The van der Waals surface area contributed by atoms with Crippen molar-refractivity contribution in [1.82, 2.24) is 19.9 Å². The molecule has 156 valence electrons. The van der Waals surface area contributed by atoms with Crippen LogP contribution in [0.15, 0.2) is 72.0 Å². The molecule has 4 rings (SSSR count). The minimum Gasteiger partial charge on any atom is -0.373 e. The molecule has 0 saturated carbocycles. The molecule has 7 nitrogen and oxygen atoms in total. The number of hydrogen-bond acceptors (Lipinski definition) is 7. The molecule has 0 amide bonds. The molecule has 8 heteroatoms. The number of benzene rings is 1. The highest BCUT2D eigenvalue weighted by atomic mass is 32.2. The van der Waals surface area contributed by atoms with Crippen molar-refractivity contribution >= 4 is 15.7 Å². The van der Waals surface area contributed by atoms with Crippen molar-refractivity contribution in [3.05, 3.63) is 72.7 Å². The number of nitrogens with one attached hydrogen (secondary N) is 1. The van der Waals surface area contributed by atoms with Crippen molar-refractivity contribution in [2.45, 2.75) is 11.8 Å². The topological polar surface area (TPSA) is 97.7 Å². The fourth-order valence-corrected chi connectivity index (χ4v) is 3.75. The van der Waals surface area contributed by atoms with E-state index in [0.29, 0.717) is 23.0 Å². The van der Waals surface area contributed by atoms with E-state index in [0.717, 1.165) is 22.3 Å². The third kappa shape index (κ3) is 4.59. The van der Waals surface area contributed by atoms with E-state index in [4.69, 9.17) is 4.98 Å². The lowest BCUT2D eigenvalue weighted by molar-refractivity contribution is 0.602. The van der Waals surface area contributed by atoms with Crippen LogP contribution in [0.5, 0.6) is 0 Å². The number of rotatable bonds is 5.